The average Bonchev–Trinajstić information content (AvgIpc) is 2.09. The highest BCUT2D eigenvalue weighted by Crippen LogP contribution is 2.20. The van der Waals surface area contributed by atoms with Crippen molar-refractivity contribution in [3.8, 4) is 0 Å². The minimum Gasteiger partial charge on any atom is -0.0874 e. The second-order valence-corrected chi connectivity index (χ2v) is 3.99. The number of unbranched alkanes of at least 4 members (excludes halogenated alkanes) is 1. The van der Waals surface area contributed by atoms with Crippen LogP contribution in [0.4, 0.5) is 0 Å². The lowest BCUT2D eigenvalue weighted by atomic mass is 9.95. The molecule has 0 spiro atoms. The van der Waals surface area contributed by atoms with Crippen LogP contribution in [0, 0.1) is 5.92 Å². The first kappa shape index (κ1) is 12.5. The summed E-state index contributed by atoms with van der Waals surface area (Å²) in [7, 11) is 0. The van der Waals surface area contributed by atoms with Crippen LogP contribution in [0.2, 0.25) is 0 Å². The predicted molar refractivity (Wildman–Crippen MR) is 61.9 cm³/mol. The molecular formula is C13H24. The summed E-state index contributed by atoms with van der Waals surface area (Å²) in [6, 6.07) is 0. The van der Waals surface area contributed by atoms with E-state index in [2.05, 4.69) is 46.8 Å². The van der Waals surface area contributed by atoms with Crippen LogP contribution in [0.3, 0.4) is 0 Å². The number of rotatable bonds is 5. The molecule has 0 N–H and O–H groups in total. The molecular weight excluding hydrogens is 156 g/mol. The highest BCUT2D eigenvalue weighted by atomic mass is 14.1. The van der Waals surface area contributed by atoms with Gasteiger partial charge >= 0.3 is 0 Å². The second-order valence-electron chi connectivity index (χ2n) is 3.99. The molecule has 0 nitrogen and oxygen atoms in total. The molecule has 0 aromatic rings. The van der Waals surface area contributed by atoms with Crippen molar-refractivity contribution in [1.82, 2.24) is 0 Å². The number of hydrogen-bond donors (Lipinski definition) is 0. The molecule has 0 heteroatoms. The zero-order chi connectivity index (χ0) is 10.3. The van der Waals surface area contributed by atoms with Crippen LogP contribution in [0.1, 0.15) is 53.9 Å². The van der Waals surface area contributed by atoms with E-state index in [1.807, 2.05) is 0 Å². The molecule has 0 saturated heterocycles. The number of allylic oxidation sites excluding steroid dienone is 4. The number of hydrogen-bond acceptors (Lipinski definition) is 0. The Kier molecular flexibility index (Phi) is 6.66. The first-order valence-electron chi connectivity index (χ1n) is 5.45. The van der Waals surface area contributed by atoms with Crippen LogP contribution in [0.25, 0.3) is 0 Å². The molecule has 0 aliphatic heterocycles. The molecule has 0 heterocycles. The lowest BCUT2D eigenvalue weighted by molar-refractivity contribution is 0.735. The van der Waals surface area contributed by atoms with Crippen LogP contribution in [-0.2, 0) is 0 Å². The van der Waals surface area contributed by atoms with E-state index in [4.69, 9.17) is 0 Å². The zero-order valence-electron chi connectivity index (χ0n) is 9.85. The minimum atomic E-state index is 0.660. The van der Waals surface area contributed by atoms with Crippen molar-refractivity contribution in [2.24, 2.45) is 5.92 Å². The molecule has 0 aromatic carbocycles. The standard InChI is InChI=1S/C13H24/c1-6-8-10-12(5)13(9-7-2)11(3)4/h7,9,11H,6,8,10H2,1-5H3/b9-7+,13-12-. The van der Waals surface area contributed by atoms with Gasteiger partial charge in [0, 0.05) is 0 Å². The third-order valence-corrected chi connectivity index (χ3v) is 2.37. The lowest BCUT2D eigenvalue weighted by Crippen LogP contribution is -1.95. The summed E-state index contributed by atoms with van der Waals surface area (Å²) in [5, 5.41) is 0. The molecule has 0 fully saturated rings. The van der Waals surface area contributed by atoms with Gasteiger partial charge in [0.15, 0.2) is 0 Å². The maximum absolute atomic E-state index is 2.27. The first-order chi connectivity index (χ1) is 6.13. The quantitative estimate of drug-likeness (QED) is 0.537. The summed E-state index contributed by atoms with van der Waals surface area (Å²) in [6.07, 6.45) is 8.27. The van der Waals surface area contributed by atoms with Gasteiger partial charge in [-0.2, -0.15) is 0 Å². The SMILES string of the molecule is C/C=C/C(=C(\C)CCCC)C(C)C. The van der Waals surface area contributed by atoms with Gasteiger partial charge < -0.3 is 0 Å². The monoisotopic (exact) mass is 180 g/mol. The van der Waals surface area contributed by atoms with Crippen LogP contribution < -0.4 is 0 Å². The van der Waals surface area contributed by atoms with Gasteiger partial charge in [0.2, 0.25) is 0 Å². The summed E-state index contributed by atoms with van der Waals surface area (Å²) in [5.41, 5.74) is 3.09. The van der Waals surface area contributed by atoms with E-state index in [9.17, 15) is 0 Å². The molecule has 76 valence electrons. The fourth-order valence-corrected chi connectivity index (χ4v) is 1.59. The van der Waals surface area contributed by atoms with Crippen molar-refractivity contribution in [2.45, 2.75) is 53.9 Å². The van der Waals surface area contributed by atoms with Crippen molar-refractivity contribution >= 4 is 0 Å². The topological polar surface area (TPSA) is 0 Å². The van der Waals surface area contributed by atoms with Gasteiger partial charge in [-0.3, -0.25) is 0 Å². The highest BCUT2D eigenvalue weighted by molar-refractivity contribution is 5.26. The van der Waals surface area contributed by atoms with Gasteiger partial charge in [-0.1, -0.05) is 44.9 Å². The molecule has 0 bridgehead atoms. The summed E-state index contributed by atoms with van der Waals surface area (Å²) in [6.45, 7) is 11.1. The van der Waals surface area contributed by atoms with Gasteiger partial charge in [-0.05, 0) is 38.2 Å². The molecule has 0 saturated carbocycles. The van der Waals surface area contributed by atoms with Crippen LogP contribution in [-0.4, -0.2) is 0 Å². The molecule has 13 heavy (non-hydrogen) atoms. The smallest absolute Gasteiger partial charge is 0.0219 e. The Morgan fingerprint density at radius 2 is 1.92 bits per heavy atom. The molecule has 0 aliphatic carbocycles. The first-order valence-corrected chi connectivity index (χ1v) is 5.45. The summed E-state index contributed by atoms with van der Waals surface area (Å²) >= 11 is 0. The molecule has 0 aliphatic rings. The normalized spacial score (nSPS) is 14.0. The predicted octanol–water partition coefficient (Wildman–Crippen LogP) is 4.73. The Morgan fingerprint density at radius 3 is 2.31 bits per heavy atom. The molecule has 0 radical (unpaired) electrons. The van der Waals surface area contributed by atoms with Crippen molar-refractivity contribution in [1.29, 1.82) is 0 Å². The van der Waals surface area contributed by atoms with E-state index < -0.39 is 0 Å². The average molecular weight is 180 g/mol. The highest BCUT2D eigenvalue weighted by Gasteiger charge is 2.03. The van der Waals surface area contributed by atoms with Crippen LogP contribution in [0.5, 0.6) is 0 Å². The Balaban J connectivity index is 4.45. The van der Waals surface area contributed by atoms with E-state index in [1.54, 1.807) is 5.57 Å². The van der Waals surface area contributed by atoms with Gasteiger partial charge in [-0.15, -0.1) is 0 Å². The molecule has 0 amide bonds. The van der Waals surface area contributed by atoms with Gasteiger partial charge in [0.05, 0.1) is 0 Å². The Hall–Kier alpha value is -0.520. The van der Waals surface area contributed by atoms with E-state index >= 15 is 0 Å². The van der Waals surface area contributed by atoms with Gasteiger partial charge in [0.1, 0.15) is 0 Å². The van der Waals surface area contributed by atoms with Crippen LogP contribution in [0.15, 0.2) is 23.3 Å². The molecule has 0 aromatic heterocycles. The second kappa shape index (κ2) is 6.94. The van der Waals surface area contributed by atoms with Crippen molar-refractivity contribution in [2.75, 3.05) is 0 Å². The van der Waals surface area contributed by atoms with Crippen molar-refractivity contribution in [3.05, 3.63) is 23.3 Å². The molecule has 0 atom stereocenters. The van der Waals surface area contributed by atoms with Crippen LogP contribution >= 0.6 is 0 Å². The Morgan fingerprint density at radius 1 is 1.31 bits per heavy atom. The van der Waals surface area contributed by atoms with Gasteiger partial charge in [0.25, 0.3) is 0 Å². The van der Waals surface area contributed by atoms with E-state index in [1.165, 1.54) is 24.8 Å². The largest absolute Gasteiger partial charge is 0.0874 e. The fourth-order valence-electron chi connectivity index (χ4n) is 1.59. The van der Waals surface area contributed by atoms with Crippen molar-refractivity contribution < 1.29 is 0 Å². The molecule has 0 rings (SSSR count). The Labute approximate surface area is 83.7 Å². The van der Waals surface area contributed by atoms with Gasteiger partial charge in [-0.25, -0.2) is 0 Å². The summed E-state index contributed by atoms with van der Waals surface area (Å²) < 4.78 is 0. The minimum absolute atomic E-state index is 0.660. The van der Waals surface area contributed by atoms with E-state index in [0.717, 1.165) is 0 Å². The Bertz CT molecular complexity index is 182. The van der Waals surface area contributed by atoms with E-state index in [-0.39, 0.29) is 0 Å². The molecule has 0 unspecified atom stereocenters. The third kappa shape index (κ3) is 4.92. The summed E-state index contributed by atoms with van der Waals surface area (Å²) in [4.78, 5) is 0. The lowest BCUT2D eigenvalue weighted by Gasteiger charge is -2.11. The van der Waals surface area contributed by atoms with Crippen molar-refractivity contribution in [3.63, 3.8) is 0 Å². The zero-order valence-corrected chi connectivity index (χ0v) is 9.85. The third-order valence-electron chi connectivity index (χ3n) is 2.37. The summed E-state index contributed by atoms with van der Waals surface area (Å²) in [5.74, 6) is 0.660. The maximum Gasteiger partial charge on any atom is -0.0219 e. The fraction of sp³-hybridized carbons (Fsp3) is 0.692. The maximum atomic E-state index is 2.27. The van der Waals surface area contributed by atoms with E-state index in [0.29, 0.717) is 5.92 Å².